The van der Waals surface area contributed by atoms with E-state index in [1.54, 1.807) is 30.4 Å². The fourth-order valence-corrected chi connectivity index (χ4v) is 3.74. The van der Waals surface area contributed by atoms with Crippen molar-refractivity contribution in [3.8, 4) is 0 Å². The Hall–Kier alpha value is -3.15. The lowest BCUT2D eigenvalue weighted by Gasteiger charge is -2.13. The Labute approximate surface area is 144 Å². The lowest BCUT2D eigenvalue weighted by atomic mass is 9.95. The molecule has 0 saturated carbocycles. The standard InChI is InChI=1S/C18H12N2O4S/c19-20-15-8-4-1-5-12(15)9-10-25(23,24)17-11-16(21)13-6-2-3-7-14(13)18(17)22/h1-12H. The molecule has 0 radical (unpaired) electrons. The number of sulfone groups is 1. The second-order valence-corrected chi connectivity index (χ2v) is 7.22. The van der Waals surface area contributed by atoms with Crippen LogP contribution in [0.5, 0.6) is 0 Å². The third kappa shape index (κ3) is 3.10. The largest absolute Gasteiger partial charge is 0.361 e. The lowest BCUT2D eigenvalue weighted by molar-refractivity contribution is -0.00773. The Kier molecular flexibility index (Phi) is 4.27. The van der Waals surface area contributed by atoms with Gasteiger partial charge in [-0.25, -0.2) is 8.42 Å². The predicted molar refractivity (Wildman–Crippen MR) is 91.6 cm³/mol. The smallest absolute Gasteiger partial charge is 0.302 e. The fraction of sp³-hybridized carbons (Fsp3) is 0.0556. The average molecular weight is 352 g/mol. The second kappa shape index (κ2) is 6.39. The van der Waals surface area contributed by atoms with Crippen LogP contribution in [0.25, 0.3) is 5.53 Å². The summed E-state index contributed by atoms with van der Waals surface area (Å²) < 4.78 is 25.0. The molecule has 3 rings (SSSR count). The third-order valence-corrected chi connectivity index (χ3v) is 5.28. The van der Waals surface area contributed by atoms with Crippen LogP contribution in [-0.2, 0) is 9.84 Å². The topological polar surface area (TPSA) is 105 Å². The molecule has 25 heavy (non-hydrogen) atoms. The Morgan fingerprint density at radius 3 is 2.52 bits per heavy atom. The van der Waals surface area contributed by atoms with Crippen LogP contribution in [0.15, 0.2) is 71.0 Å². The molecular weight excluding hydrogens is 340 g/mol. The quantitative estimate of drug-likeness (QED) is 0.614. The summed E-state index contributed by atoms with van der Waals surface area (Å²) in [4.78, 5) is 27.1. The van der Waals surface area contributed by atoms with Crippen molar-refractivity contribution in [2.24, 2.45) is 5.92 Å². The molecule has 0 saturated heterocycles. The van der Waals surface area contributed by atoms with Crippen molar-refractivity contribution >= 4 is 27.1 Å². The van der Waals surface area contributed by atoms with E-state index < -0.39 is 32.2 Å². The monoisotopic (exact) mass is 352 g/mol. The normalized spacial score (nSPS) is 19.8. The van der Waals surface area contributed by atoms with Gasteiger partial charge in [0.2, 0.25) is 15.6 Å². The number of fused-ring (bicyclic) bond motifs is 1. The van der Waals surface area contributed by atoms with Gasteiger partial charge in [0.25, 0.3) is 0 Å². The van der Waals surface area contributed by atoms with Gasteiger partial charge >= 0.3 is 5.71 Å². The number of carbonyl (C=O) groups excluding carboxylic acids is 2. The summed E-state index contributed by atoms with van der Waals surface area (Å²) in [5, 5.41) is 0.858. The molecular formula is C18H12N2O4S. The first-order chi connectivity index (χ1) is 11.9. The van der Waals surface area contributed by atoms with Crippen LogP contribution in [0, 0.1) is 5.92 Å². The van der Waals surface area contributed by atoms with Crippen molar-refractivity contribution in [1.82, 2.24) is 0 Å². The second-order valence-electron chi connectivity index (χ2n) is 5.42. The van der Waals surface area contributed by atoms with Crippen LogP contribution in [0.1, 0.15) is 20.7 Å². The van der Waals surface area contributed by atoms with Crippen LogP contribution >= 0.6 is 0 Å². The SMILES string of the molecule is [N-]=[N+]=C1C=CC=CC1C=CS(=O)(=O)C1=CC(=O)c2ccccc2C1=O. The van der Waals surface area contributed by atoms with Crippen LogP contribution in [0.4, 0.5) is 0 Å². The van der Waals surface area contributed by atoms with Crippen molar-refractivity contribution in [1.29, 1.82) is 0 Å². The molecule has 0 aromatic heterocycles. The van der Waals surface area contributed by atoms with Crippen LogP contribution in [0.2, 0.25) is 0 Å². The number of Topliss-reactive ketones (excluding diaryl/α,β-unsaturated/α-hetero) is 1. The van der Waals surface area contributed by atoms with Gasteiger partial charge in [-0.2, -0.15) is 4.79 Å². The van der Waals surface area contributed by atoms with E-state index in [1.165, 1.54) is 24.3 Å². The van der Waals surface area contributed by atoms with E-state index in [9.17, 15) is 18.0 Å². The Morgan fingerprint density at radius 1 is 1.08 bits per heavy atom. The highest BCUT2D eigenvalue weighted by atomic mass is 32.2. The molecule has 0 heterocycles. The van der Waals surface area contributed by atoms with Gasteiger partial charge in [0, 0.05) is 28.7 Å². The minimum absolute atomic E-state index is 0.0695. The minimum atomic E-state index is -4.12. The number of hydrogen-bond acceptors (Lipinski definition) is 4. The molecule has 1 aromatic carbocycles. The predicted octanol–water partition coefficient (Wildman–Crippen LogP) is 2.29. The number of benzene rings is 1. The van der Waals surface area contributed by atoms with Gasteiger partial charge in [-0.3, -0.25) is 9.59 Å². The first-order valence-electron chi connectivity index (χ1n) is 7.34. The van der Waals surface area contributed by atoms with E-state index in [4.69, 9.17) is 5.53 Å². The maximum absolute atomic E-state index is 12.5. The van der Waals surface area contributed by atoms with Crippen molar-refractivity contribution in [3.05, 3.63) is 87.7 Å². The molecule has 2 aliphatic rings. The molecule has 124 valence electrons. The Bertz CT molecular complexity index is 1050. The van der Waals surface area contributed by atoms with Crippen molar-refractivity contribution in [2.45, 2.75) is 0 Å². The van der Waals surface area contributed by atoms with Gasteiger partial charge in [0.15, 0.2) is 5.78 Å². The van der Waals surface area contributed by atoms with Gasteiger partial charge in [-0.1, -0.05) is 48.6 Å². The van der Waals surface area contributed by atoms with E-state index in [-0.39, 0.29) is 16.8 Å². The summed E-state index contributed by atoms with van der Waals surface area (Å²) in [6, 6.07) is 6.08. The summed E-state index contributed by atoms with van der Waals surface area (Å²) >= 11 is 0. The zero-order valence-corrected chi connectivity index (χ0v) is 13.7. The molecule has 6 nitrogen and oxygen atoms in total. The summed E-state index contributed by atoms with van der Waals surface area (Å²) in [6.45, 7) is 0. The van der Waals surface area contributed by atoms with E-state index in [0.717, 1.165) is 11.5 Å². The number of ketones is 2. The van der Waals surface area contributed by atoms with E-state index in [0.29, 0.717) is 0 Å². The molecule has 1 atom stereocenters. The van der Waals surface area contributed by atoms with Crippen molar-refractivity contribution in [3.63, 3.8) is 0 Å². The lowest BCUT2D eigenvalue weighted by Crippen LogP contribution is -2.21. The highest BCUT2D eigenvalue weighted by molar-refractivity contribution is 7.99. The van der Waals surface area contributed by atoms with Crippen LogP contribution in [0.3, 0.4) is 0 Å². The number of rotatable bonds is 3. The fourth-order valence-electron chi connectivity index (χ4n) is 2.57. The van der Waals surface area contributed by atoms with Crippen molar-refractivity contribution < 1.29 is 22.8 Å². The first kappa shape index (κ1) is 16.7. The molecule has 1 unspecified atom stereocenters. The number of hydrogen-bond donors (Lipinski definition) is 0. The Morgan fingerprint density at radius 2 is 1.80 bits per heavy atom. The maximum Gasteiger partial charge on any atom is 0.302 e. The van der Waals surface area contributed by atoms with Gasteiger partial charge in [0.05, 0.1) is 5.92 Å². The molecule has 2 aliphatic carbocycles. The molecule has 0 amide bonds. The molecule has 0 spiro atoms. The zero-order chi connectivity index (χ0) is 18.0. The summed E-state index contributed by atoms with van der Waals surface area (Å²) in [6.07, 6.45) is 8.65. The number of allylic oxidation sites excluding steroid dienone is 7. The molecule has 7 heteroatoms. The van der Waals surface area contributed by atoms with Gasteiger partial charge in [0.1, 0.15) is 4.91 Å². The van der Waals surface area contributed by atoms with Gasteiger partial charge in [-0.05, 0) is 0 Å². The highest BCUT2D eigenvalue weighted by Gasteiger charge is 2.32. The Balaban J connectivity index is 1.96. The molecule has 0 fully saturated rings. The van der Waals surface area contributed by atoms with Crippen LogP contribution < -0.4 is 0 Å². The van der Waals surface area contributed by atoms with Gasteiger partial charge < -0.3 is 5.53 Å². The van der Waals surface area contributed by atoms with Crippen LogP contribution in [-0.4, -0.2) is 30.5 Å². The summed E-state index contributed by atoms with van der Waals surface area (Å²) in [7, 11) is -4.12. The van der Waals surface area contributed by atoms with E-state index in [2.05, 4.69) is 4.79 Å². The summed E-state index contributed by atoms with van der Waals surface area (Å²) in [5.74, 6) is -1.79. The third-order valence-electron chi connectivity index (χ3n) is 3.85. The number of carbonyl (C=O) groups is 2. The van der Waals surface area contributed by atoms with Gasteiger partial charge in [-0.15, -0.1) is 0 Å². The highest BCUT2D eigenvalue weighted by Crippen LogP contribution is 2.25. The zero-order valence-electron chi connectivity index (χ0n) is 12.9. The van der Waals surface area contributed by atoms with E-state index >= 15 is 0 Å². The molecule has 1 aromatic rings. The molecule has 0 bridgehead atoms. The van der Waals surface area contributed by atoms with E-state index in [1.807, 2.05) is 0 Å². The molecule has 0 N–H and O–H groups in total. The summed E-state index contributed by atoms with van der Waals surface area (Å²) in [5.41, 5.74) is 9.45. The minimum Gasteiger partial charge on any atom is -0.361 e. The average Bonchev–Trinajstić information content (AvgIpc) is 2.63. The maximum atomic E-state index is 12.5. The van der Waals surface area contributed by atoms with Crippen molar-refractivity contribution in [2.75, 3.05) is 0 Å². The first-order valence-corrected chi connectivity index (χ1v) is 8.88. The number of nitrogens with zero attached hydrogens (tertiary/aromatic N) is 2. The molecule has 0 aliphatic heterocycles.